The van der Waals surface area contributed by atoms with Crippen LogP contribution in [0.3, 0.4) is 0 Å². The van der Waals surface area contributed by atoms with E-state index in [4.69, 9.17) is 9.84 Å². The van der Waals surface area contributed by atoms with E-state index in [1.54, 1.807) is 0 Å². The first-order valence-corrected chi connectivity index (χ1v) is 6.88. The Morgan fingerprint density at radius 3 is 2.44 bits per heavy atom. The maximum absolute atomic E-state index is 11.7. The molecule has 0 aliphatic carbocycles. The van der Waals surface area contributed by atoms with Gasteiger partial charge in [0.05, 0.1) is 12.6 Å². The third-order valence-corrected chi connectivity index (χ3v) is 3.68. The predicted octanol–water partition coefficient (Wildman–Crippen LogP) is -5.28. The van der Waals surface area contributed by atoms with Gasteiger partial charge in [0.15, 0.2) is 6.10 Å². The standard InChI is InChI=1S/C11H19N3O11/c1-3(16)13-5-7(19)9(14(22)23)11(21,10(20)25-12)24-8(5)6(18)4(17)2-15/h4-9,15,17-19,21H,2,12H2,1H3,(H,13,16)/t4-,5-,6?,7-,8-,9?,11-/m1/s1. The summed E-state index contributed by atoms with van der Waals surface area (Å²) in [6, 6.07) is -4.27. The fraction of sp³-hybridized carbons (Fsp3) is 0.818. The number of nitrogens with one attached hydrogen (secondary N) is 1. The lowest BCUT2D eigenvalue weighted by atomic mass is 9.85. The van der Waals surface area contributed by atoms with Gasteiger partial charge in [-0.2, -0.15) is 5.90 Å². The number of nitrogens with zero attached hydrogens (tertiary/aromatic N) is 1. The summed E-state index contributed by atoms with van der Waals surface area (Å²) in [7, 11) is 0. The Morgan fingerprint density at radius 2 is 2.04 bits per heavy atom. The molecule has 2 unspecified atom stereocenters. The smallest absolute Gasteiger partial charge is 0.392 e. The second kappa shape index (κ2) is 7.96. The molecular formula is C11H19N3O11. The van der Waals surface area contributed by atoms with Gasteiger partial charge in [0, 0.05) is 11.8 Å². The summed E-state index contributed by atoms with van der Waals surface area (Å²) in [6.07, 6.45) is -8.16. The highest BCUT2D eigenvalue weighted by Gasteiger charge is 2.67. The van der Waals surface area contributed by atoms with E-state index < -0.39 is 65.7 Å². The Labute approximate surface area is 139 Å². The van der Waals surface area contributed by atoms with E-state index in [2.05, 4.69) is 16.1 Å². The van der Waals surface area contributed by atoms with Gasteiger partial charge in [-0.05, 0) is 0 Å². The van der Waals surface area contributed by atoms with Crippen molar-refractivity contribution in [2.45, 2.75) is 49.2 Å². The second-order valence-corrected chi connectivity index (χ2v) is 5.37. The van der Waals surface area contributed by atoms with Crippen molar-refractivity contribution in [3.8, 4) is 0 Å². The molecule has 0 radical (unpaired) electrons. The second-order valence-electron chi connectivity index (χ2n) is 5.37. The van der Waals surface area contributed by atoms with Gasteiger partial charge in [0.25, 0.3) is 0 Å². The molecule has 14 heteroatoms. The Bertz CT molecular complexity index is 531. The summed E-state index contributed by atoms with van der Waals surface area (Å²) < 4.78 is 4.83. The molecule has 0 aromatic carbocycles. The zero-order valence-electron chi connectivity index (χ0n) is 12.9. The first-order valence-electron chi connectivity index (χ1n) is 6.88. The lowest BCUT2D eigenvalue weighted by molar-refractivity contribution is -0.583. The van der Waals surface area contributed by atoms with E-state index in [-0.39, 0.29) is 0 Å². The van der Waals surface area contributed by atoms with Gasteiger partial charge in [0.2, 0.25) is 5.91 Å². The molecule has 0 saturated carbocycles. The molecular weight excluding hydrogens is 350 g/mol. The zero-order chi connectivity index (χ0) is 19.5. The van der Waals surface area contributed by atoms with Crippen LogP contribution in [-0.2, 0) is 19.2 Å². The fourth-order valence-corrected chi connectivity index (χ4v) is 2.50. The summed E-state index contributed by atoms with van der Waals surface area (Å²) in [5.74, 6) is -1.50. The van der Waals surface area contributed by atoms with E-state index in [1.165, 1.54) is 0 Å². The van der Waals surface area contributed by atoms with Crippen LogP contribution >= 0.6 is 0 Å². The molecule has 14 nitrogen and oxygen atoms in total. The third-order valence-electron chi connectivity index (χ3n) is 3.68. The summed E-state index contributed by atoms with van der Waals surface area (Å²) in [5.41, 5.74) is 0. The van der Waals surface area contributed by atoms with Crippen molar-refractivity contribution in [3.63, 3.8) is 0 Å². The SMILES string of the molecule is CC(=O)N[C@@H]1[C@@H](O)C([N+](=O)[O-])[C@](O)(C(=O)ON)O[C@H]1C(O)[C@H](O)CO. The van der Waals surface area contributed by atoms with E-state index >= 15 is 0 Å². The van der Waals surface area contributed by atoms with E-state index in [9.17, 15) is 40.1 Å². The van der Waals surface area contributed by atoms with Crippen LogP contribution in [0.5, 0.6) is 0 Å². The Kier molecular flexibility index (Phi) is 6.72. The highest BCUT2D eigenvalue weighted by molar-refractivity contribution is 5.78. The molecule has 25 heavy (non-hydrogen) atoms. The van der Waals surface area contributed by atoms with E-state index in [1.807, 2.05) is 0 Å². The van der Waals surface area contributed by atoms with Crippen LogP contribution in [-0.4, -0.2) is 91.2 Å². The number of carbonyl (C=O) groups is 2. The lowest BCUT2D eigenvalue weighted by Crippen LogP contribution is -2.75. The summed E-state index contributed by atoms with van der Waals surface area (Å²) in [5, 5.41) is 62.1. The molecule has 1 rings (SSSR count). The number of amides is 1. The van der Waals surface area contributed by atoms with Crippen molar-refractivity contribution in [1.82, 2.24) is 5.32 Å². The number of rotatable bonds is 6. The molecule has 0 bridgehead atoms. The Morgan fingerprint density at radius 1 is 1.48 bits per heavy atom. The first kappa shape index (κ1) is 21.1. The van der Waals surface area contributed by atoms with Crippen molar-refractivity contribution >= 4 is 11.9 Å². The molecule has 0 spiro atoms. The Hall–Kier alpha value is -1.94. The predicted molar refractivity (Wildman–Crippen MR) is 73.6 cm³/mol. The molecule has 1 heterocycles. The maximum Gasteiger partial charge on any atom is 0.392 e. The maximum atomic E-state index is 11.7. The number of nitro groups is 1. The highest BCUT2D eigenvalue weighted by Crippen LogP contribution is 2.33. The van der Waals surface area contributed by atoms with Crippen LogP contribution in [0, 0.1) is 10.1 Å². The molecule has 8 N–H and O–H groups in total. The van der Waals surface area contributed by atoms with Gasteiger partial charge in [-0.25, -0.2) is 4.79 Å². The first-order chi connectivity index (χ1) is 11.5. The zero-order valence-corrected chi connectivity index (χ0v) is 12.9. The van der Waals surface area contributed by atoms with Crippen molar-refractivity contribution in [2.75, 3.05) is 6.61 Å². The average molecular weight is 369 g/mol. The van der Waals surface area contributed by atoms with Crippen LogP contribution < -0.4 is 11.2 Å². The van der Waals surface area contributed by atoms with E-state index in [0.29, 0.717) is 0 Å². The van der Waals surface area contributed by atoms with Crippen LogP contribution in [0.15, 0.2) is 0 Å². The topological polar surface area (TPSA) is 235 Å². The molecule has 1 aliphatic rings. The van der Waals surface area contributed by atoms with Gasteiger partial charge in [-0.1, -0.05) is 0 Å². The number of nitrogens with two attached hydrogens (primary N) is 1. The average Bonchev–Trinajstić information content (AvgIpc) is 2.54. The molecule has 0 aromatic heterocycles. The van der Waals surface area contributed by atoms with Crippen LogP contribution in [0.1, 0.15) is 6.92 Å². The van der Waals surface area contributed by atoms with Gasteiger partial charge >= 0.3 is 17.8 Å². The monoisotopic (exact) mass is 369 g/mol. The van der Waals surface area contributed by atoms with Crippen molar-refractivity contribution in [2.24, 2.45) is 5.90 Å². The summed E-state index contributed by atoms with van der Waals surface area (Å²) in [6.45, 7) is -0.0168. The largest absolute Gasteiger partial charge is 0.394 e. The molecule has 1 saturated heterocycles. The molecule has 1 amide bonds. The molecule has 0 aromatic rings. The van der Waals surface area contributed by atoms with Gasteiger partial charge in [0.1, 0.15) is 18.3 Å². The number of ether oxygens (including phenoxy) is 1. The highest BCUT2D eigenvalue weighted by atomic mass is 16.7. The third kappa shape index (κ3) is 4.01. The van der Waals surface area contributed by atoms with Crippen molar-refractivity contribution in [3.05, 3.63) is 10.1 Å². The normalized spacial score (nSPS) is 34.7. The molecule has 7 atom stereocenters. The Balaban J connectivity index is 3.40. The van der Waals surface area contributed by atoms with Crippen molar-refractivity contribution < 1.29 is 49.6 Å². The van der Waals surface area contributed by atoms with Crippen LogP contribution in [0.4, 0.5) is 0 Å². The molecule has 144 valence electrons. The number of aliphatic hydroxyl groups excluding tert-OH is 4. The summed E-state index contributed by atoms with van der Waals surface area (Å²) >= 11 is 0. The van der Waals surface area contributed by atoms with Gasteiger partial charge < -0.3 is 40.4 Å². The van der Waals surface area contributed by atoms with E-state index in [0.717, 1.165) is 6.92 Å². The van der Waals surface area contributed by atoms with Crippen LogP contribution in [0.2, 0.25) is 0 Å². The minimum atomic E-state index is -3.44. The summed E-state index contributed by atoms with van der Waals surface area (Å²) in [4.78, 5) is 36.6. The lowest BCUT2D eigenvalue weighted by Gasteiger charge is -2.45. The van der Waals surface area contributed by atoms with Crippen molar-refractivity contribution in [1.29, 1.82) is 0 Å². The van der Waals surface area contributed by atoms with Gasteiger partial charge in [-0.3, -0.25) is 14.9 Å². The molecule has 1 fully saturated rings. The number of hydrogen-bond acceptors (Lipinski definition) is 12. The molecule has 1 aliphatic heterocycles. The van der Waals surface area contributed by atoms with Crippen LogP contribution in [0.25, 0.3) is 0 Å². The quantitative estimate of drug-likeness (QED) is 0.172. The minimum Gasteiger partial charge on any atom is -0.394 e. The number of carbonyl (C=O) groups excluding carboxylic acids is 2. The minimum absolute atomic E-state index is 0.808. The van der Waals surface area contributed by atoms with Gasteiger partial charge in [-0.15, -0.1) is 0 Å². The number of aliphatic hydroxyl groups is 5. The number of hydrogen-bond donors (Lipinski definition) is 7. The fourth-order valence-electron chi connectivity index (χ4n) is 2.50.